The number of hydrogen-bond acceptors (Lipinski definition) is 2. The average Bonchev–Trinajstić information content (AvgIpc) is 2.26. The van der Waals surface area contributed by atoms with Gasteiger partial charge in [0.05, 0.1) is 0 Å². The van der Waals surface area contributed by atoms with Crippen molar-refractivity contribution in [3.8, 4) is 0 Å². The SMILES string of the molecule is CSc1ccc([C@@H](N)C(F)(F)C(F)(F)F)cc1. The first kappa shape index (κ1) is 14.2. The van der Waals surface area contributed by atoms with Crippen LogP contribution in [0.2, 0.25) is 0 Å². The summed E-state index contributed by atoms with van der Waals surface area (Å²) >= 11 is 1.35. The van der Waals surface area contributed by atoms with Gasteiger partial charge in [-0.25, -0.2) is 0 Å². The van der Waals surface area contributed by atoms with Gasteiger partial charge in [0.25, 0.3) is 0 Å². The monoisotopic (exact) mass is 271 g/mol. The van der Waals surface area contributed by atoms with E-state index >= 15 is 0 Å². The Labute approximate surface area is 99.2 Å². The molecule has 1 atom stereocenters. The minimum absolute atomic E-state index is 0.245. The molecule has 1 aromatic carbocycles. The van der Waals surface area contributed by atoms with Gasteiger partial charge in [0, 0.05) is 4.90 Å². The Kier molecular flexibility index (Phi) is 4.03. The molecule has 0 heterocycles. The molecule has 0 saturated heterocycles. The second-order valence-electron chi connectivity index (χ2n) is 3.37. The van der Waals surface area contributed by atoms with E-state index < -0.39 is 18.1 Å². The molecule has 7 heteroatoms. The summed E-state index contributed by atoms with van der Waals surface area (Å²) in [5, 5.41) is 0. The molecular formula is C10H10F5NS. The molecule has 1 nitrogen and oxygen atoms in total. The molecule has 0 bridgehead atoms. The molecule has 0 unspecified atom stereocenters. The zero-order valence-corrected chi connectivity index (χ0v) is 9.58. The Bertz CT molecular complexity index is 373. The maximum atomic E-state index is 12.9. The van der Waals surface area contributed by atoms with Gasteiger partial charge >= 0.3 is 12.1 Å². The minimum Gasteiger partial charge on any atom is -0.319 e. The fraction of sp³-hybridized carbons (Fsp3) is 0.400. The second kappa shape index (κ2) is 4.81. The Morgan fingerprint density at radius 2 is 1.53 bits per heavy atom. The summed E-state index contributed by atoms with van der Waals surface area (Å²) in [6.07, 6.45) is -3.89. The maximum Gasteiger partial charge on any atom is 0.455 e. The van der Waals surface area contributed by atoms with Crippen molar-refractivity contribution in [3.05, 3.63) is 29.8 Å². The van der Waals surface area contributed by atoms with Gasteiger partial charge in [0.1, 0.15) is 6.04 Å². The van der Waals surface area contributed by atoms with Crippen molar-refractivity contribution < 1.29 is 22.0 Å². The van der Waals surface area contributed by atoms with Crippen molar-refractivity contribution in [2.75, 3.05) is 6.26 Å². The molecule has 96 valence electrons. The van der Waals surface area contributed by atoms with Crippen molar-refractivity contribution in [3.63, 3.8) is 0 Å². The van der Waals surface area contributed by atoms with E-state index in [4.69, 9.17) is 5.73 Å². The summed E-state index contributed by atoms with van der Waals surface area (Å²) in [4.78, 5) is 0.760. The maximum absolute atomic E-state index is 12.9. The molecule has 0 saturated carbocycles. The van der Waals surface area contributed by atoms with E-state index in [9.17, 15) is 22.0 Å². The lowest BCUT2D eigenvalue weighted by molar-refractivity contribution is -0.291. The van der Waals surface area contributed by atoms with E-state index in [1.165, 1.54) is 36.0 Å². The Morgan fingerprint density at radius 1 is 1.06 bits per heavy atom. The summed E-state index contributed by atoms with van der Waals surface area (Å²) in [5.41, 5.74) is 4.73. The highest BCUT2D eigenvalue weighted by molar-refractivity contribution is 7.98. The Hall–Kier alpha value is -0.820. The van der Waals surface area contributed by atoms with Crippen LogP contribution in [0.4, 0.5) is 22.0 Å². The third-order valence-electron chi connectivity index (χ3n) is 2.24. The summed E-state index contributed by atoms with van der Waals surface area (Å²) in [6.45, 7) is 0. The fourth-order valence-corrected chi connectivity index (χ4v) is 1.61. The average molecular weight is 271 g/mol. The van der Waals surface area contributed by atoms with Gasteiger partial charge in [-0.3, -0.25) is 0 Å². The van der Waals surface area contributed by atoms with Crippen molar-refractivity contribution in [1.29, 1.82) is 0 Å². The number of nitrogens with two attached hydrogens (primary N) is 1. The van der Waals surface area contributed by atoms with Crippen molar-refractivity contribution in [1.82, 2.24) is 0 Å². The first-order valence-corrected chi connectivity index (χ1v) is 5.76. The van der Waals surface area contributed by atoms with E-state index in [1.54, 1.807) is 6.26 Å². The van der Waals surface area contributed by atoms with Crippen LogP contribution in [0, 0.1) is 0 Å². The lowest BCUT2D eigenvalue weighted by atomic mass is 10.0. The third-order valence-corrected chi connectivity index (χ3v) is 2.99. The standard InChI is InChI=1S/C10H10F5NS/c1-17-7-4-2-6(3-5-7)8(16)9(11,12)10(13,14)15/h2-5,8H,16H2,1H3/t8-/m1/s1. The molecule has 0 radical (unpaired) electrons. The van der Waals surface area contributed by atoms with E-state index in [-0.39, 0.29) is 5.56 Å². The summed E-state index contributed by atoms with van der Waals surface area (Å²) in [6, 6.07) is 2.86. The van der Waals surface area contributed by atoms with E-state index in [1.807, 2.05) is 0 Å². The molecule has 0 spiro atoms. The molecule has 0 amide bonds. The highest BCUT2D eigenvalue weighted by Crippen LogP contribution is 2.43. The highest BCUT2D eigenvalue weighted by atomic mass is 32.2. The molecular weight excluding hydrogens is 261 g/mol. The minimum atomic E-state index is -5.65. The highest BCUT2D eigenvalue weighted by Gasteiger charge is 2.61. The van der Waals surface area contributed by atoms with E-state index in [0.717, 1.165) is 4.90 Å². The van der Waals surface area contributed by atoms with Crippen LogP contribution in [-0.2, 0) is 0 Å². The normalized spacial score (nSPS) is 14.8. The number of rotatable bonds is 3. The van der Waals surface area contributed by atoms with Crippen LogP contribution in [0.25, 0.3) is 0 Å². The van der Waals surface area contributed by atoms with Crippen LogP contribution in [0.15, 0.2) is 29.2 Å². The molecule has 0 aromatic heterocycles. The quantitative estimate of drug-likeness (QED) is 0.671. The molecule has 0 fully saturated rings. The van der Waals surface area contributed by atoms with Crippen molar-refractivity contribution in [2.24, 2.45) is 5.73 Å². The smallest absolute Gasteiger partial charge is 0.319 e. The second-order valence-corrected chi connectivity index (χ2v) is 4.25. The van der Waals surface area contributed by atoms with Crippen LogP contribution < -0.4 is 5.73 Å². The summed E-state index contributed by atoms with van der Waals surface area (Å²) in [5.74, 6) is -4.94. The lowest BCUT2D eigenvalue weighted by Gasteiger charge is -2.25. The molecule has 0 aliphatic rings. The van der Waals surface area contributed by atoms with Gasteiger partial charge in [-0.1, -0.05) is 12.1 Å². The number of benzene rings is 1. The van der Waals surface area contributed by atoms with Gasteiger partial charge in [-0.15, -0.1) is 11.8 Å². The third kappa shape index (κ3) is 2.90. The Balaban J connectivity index is 2.99. The molecule has 17 heavy (non-hydrogen) atoms. The largest absolute Gasteiger partial charge is 0.455 e. The van der Waals surface area contributed by atoms with Crippen LogP contribution in [0.5, 0.6) is 0 Å². The first-order valence-electron chi connectivity index (χ1n) is 4.54. The zero-order valence-electron chi connectivity index (χ0n) is 8.76. The molecule has 1 aromatic rings. The fourth-order valence-electron chi connectivity index (χ4n) is 1.20. The van der Waals surface area contributed by atoms with Crippen LogP contribution in [-0.4, -0.2) is 18.4 Å². The first-order chi connectivity index (χ1) is 7.70. The molecule has 0 aliphatic carbocycles. The number of halogens is 5. The predicted octanol–water partition coefficient (Wildman–Crippen LogP) is 3.61. The van der Waals surface area contributed by atoms with Gasteiger partial charge in [0.15, 0.2) is 0 Å². The van der Waals surface area contributed by atoms with Gasteiger partial charge in [-0.05, 0) is 24.0 Å². The van der Waals surface area contributed by atoms with Crippen molar-refractivity contribution >= 4 is 11.8 Å². The van der Waals surface area contributed by atoms with Crippen LogP contribution in [0.1, 0.15) is 11.6 Å². The van der Waals surface area contributed by atoms with Crippen molar-refractivity contribution in [2.45, 2.75) is 23.0 Å². The summed E-state index contributed by atoms with van der Waals surface area (Å²) < 4.78 is 62.1. The molecule has 0 aliphatic heterocycles. The zero-order chi connectivity index (χ0) is 13.3. The lowest BCUT2D eigenvalue weighted by Crippen LogP contribution is -2.45. The number of alkyl halides is 5. The number of hydrogen-bond donors (Lipinski definition) is 1. The predicted molar refractivity (Wildman–Crippen MR) is 56.2 cm³/mol. The number of thioether (sulfide) groups is 1. The Morgan fingerprint density at radius 3 is 1.88 bits per heavy atom. The van der Waals surface area contributed by atoms with E-state index in [0.29, 0.717) is 0 Å². The molecule has 1 rings (SSSR count). The van der Waals surface area contributed by atoms with Gasteiger partial charge < -0.3 is 5.73 Å². The van der Waals surface area contributed by atoms with Crippen LogP contribution in [0.3, 0.4) is 0 Å². The molecule has 2 N–H and O–H groups in total. The van der Waals surface area contributed by atoms with Gasteiger partial charge in [0.2, 0.25) is 0 Å². The van der Waals surface area contributed by atoms with E-state index in [2.05, 4.69) is 0 Å². The van der Waals surface area contributed by atoms with Gasteiger partial charge in [-0.2, -0.15) is 22.0 Å². The van der Waals surface area contributed by atoms with Crippen LogP contribution >= 0.6 is 11.8 Å². The summed E-state index contributed by atoms with van der Waals surface area (Å²) in [7, 11) is 0. The topological polar surface area (TPSA) is 26.0 Å².